The molecule has 0 fully saturated rings. The predicted molar refractivity (Wildman–Crippen MR) is 60.0 cm³/mol. The molecule has 0 radical (unpaired) electrons. The molecule has 1 aromatic heterocycles. The summed E-state index contributed by atoms with van der Waals surface area (Å²) < 4.78 is 1.47. The van der Waals surface area contributed by atoms with Gasteiger partial charge in [-0.05, 0) is 24.6 Å². The maximum atomic E-state index is 11.1. The van der Waals surface area contributed by atoms with Crippen LogP contribution >= 0.6 is 0 Å². The molecule has 0 atom stereocenters. The minimum absolute atomic E-state index is 0.144. The maximum absolute atomic E-state index is 11.1. The van der Waals surface area contributed by atoms with Crippen LogP contribution in [0.25, 0.3) is 5.69 Å². The third-order valence-electron chi connectivity index (χ3n) is 2.38. The summed E-state index contributed by atoms with van der Waals surface area (Å²) in [6.45, 7) is 1.86. The molecule has 1 aromatic carbocycles. The molecule has 1 N–H and O–H groups in total. The molecular formula is C12H9N3O2. The smallest absolute Gasteiger partial charge is 0.337 e. The van der Waals surface area contributed by atoms with Crippen LogP contribution in [-0.2, 0) is 0 Å². The largest absolute Gasteiger partial charge is 0.478 e. The van der Waals surface area contributed by atoms with Crippen molar-refractivity contribution in [2.75, 3.05) is 0 Å². The molecule has 1 heterocycles. The zero-order valence-electron chi connectivity index (χ0n) is 9.08. The van der Waals surface area contributed by atoms with Gasteiger partial charge in [-0.3, -0.25) is 4.57 Å². The van der Waals surface area contributed by atoms with E-state index in [1.807, 2.05) is 13.0 Å². The number of aryl methyl sites for hydroxylation is 1. The Morgan fingerprint density at radius 3 is 2.94 bits per heavy atom. The molecule has 0 spiro atoms. The van der Waals surface area contributed by atoms with Crippen LogP contribution in [0.1, 0.15) is 21.7 Å². The van der Waals surface area contributed by atoms with Crippen molar-refractivity contribution in [1.29, 1.82) is 5.26 Å². The minimum atomic E-state index is -1.03. The molecule has 84 valence electrons. The molecule has 2 aromatic rings. The first-order valence-electron chi connectivity index (χ1n) is 4.91. The molecule has 17 heavy (non-hydrogen) atoms. The quantitative estimate of drug-likeness (QED) is 0.847. The van der Waals surface area contributed by atoms with Gasteiger partial charge in [-0.15, -0.1) is 0 Å². The first-order chi connectivity index (χ1) is 8.13. The van der Waals surface area contributed by atoms with E-state index in [0.717, 1.165) is 5.56 Å². The van der Waals surface area contributed by atoms with Crippen molar-refractivity contribution >= 4 is 5.97 Å². The Hall–Kier alpha value is -2.61. The van der Waals surface area contributed by atoms with Gasteiger partial charge in [-0.1, -0.05) is 6.07 Å². The molecular weight excluding hydrogens is 218 g/mol. The summed E-state index contributed by atoms with van der Waals surface area (Å²) in [4.78, 5) is 15.0. The van der Waals surface area contributed by atoms with Gasteiger partial charge in [0.2, 0.25) is 5.82 Å². The summed E-state index contributed by atoms with van der Waals surface area (Å²) in [5.74, 6) is -0.865. The van der Waals surface area contributed by atoms with Gasteiger partial charge in [0.25, 0.3) is 0 Å². The zero-order valence-corrected chi connectivity index (χ0v) is 9.08. The van der Waals surface area contributed by atoms with E-state index >= 15 is 0 Å². The van der Waals surface area contributed by atoms with Crippen LogP contribution in [0.4, 0.5) is 0 Å². The Kier molecular flexibility index (Phi) is 2.63. The van der Waals surface area contributed by atoms with Crippen molar-refractivity contribution in [3.05, 3.63) is 47.5 Å². The highest BCUT2D eigenvalue weighted by Crippen LogP contribution is 2.18. The number of carbonyl (C=O) groups is 1. The fourth-order valence-corrected chi connectivity index (χ4v) is 1.60. The second-order valence-electron chi connectivity index (χ2n) is 3.56. The lowest BCUT2D eigenvalue weighted by Crippen LogP contribution is -2.06. The SMILES string of the molecule is Cc1ccc(C(=O)O)c(-n2ccnc2C#N)c1. The summed E-state index contributed by atoms with van der Waals surface area (Å²) in [5.41, 5.74) is 1.51. The monoisotopic (exact) mass is 227 g/mol. The van der Waals surface area contributed by atoms with Crippen LogP contribution in [0.5, 0.6) is 0 Å². The van der Waals surface area contributed by atoms with Crippen LogP contribution in [0.2, 0.25) is 0 Å². The van der Waals surface area contributed by atoms with E-state index in [1.54, 1.807) is 18.3 Å². The number of nitrogens with zero attached hydrogens (tertiary/aromatic N) is 3. The molecule has 5 nitrogen and oxygen atoms in total. The van der Waals surface area contributed by atoms with Crippen LogP contribution in [-0.4, -0.2) is 20.6 Å². The number of hydrogen-bond acceptors (Lipinski definition) is 3. The fourth-order valence-electron chi connectivity index (χ4n) is 1.60. The Balaban J connectivity index is 2.70. The van der Waals surface area contributed by atoms with E-state index in [0.29, 0.717) is 5.69 Å². The Morgan fingerprint density at radius 2 is 2.29 bits per heavy atom. The van der Waals surface area contributed by atoms with Crippen molar-refractivity contribution in [2.45, 2.75) is 6.92 Å². The molecule has 0 aliphatic heterocycles. The highest BCUT2D eigenvalue weighted by Gasteiger charge is 2.14. The molecule has 0 aliphatic carbocycles. The number of benzene rings is 1. The second kappa shape index (κ2) is 4.10. The van der Waals surface area contributed by atoms with Gasteiger partial charge in [0.05, 0.1) is 11.3 Å². The normalized spacial score (nSPS) is 9.88. The number of carboxylic acid groups (broad SMARTS) is 1. The average molecular weight is 227 g/mol. The van der Waals surface area contributed by atoms with E-state index in [2.05, 4.69) is 4.98 Å². The van der Waals surface area contributed by atoms with Gasteiger partial charge in [0, 0.05) is 12.4 Å². The van der Waals surface area contributed by atoms with Crippen LogP contribution in [0, 0.1) is 18.3 Å². The lowest BCUT2D eigenvalue weighted by atomic mass is 10.1. The summed E-state index contributed by atoms with van der Waals surface area (Å²) in [7, 11) is 0. The van der Waals surface area contributed by atoms with Gasteiger partial charge in [0.1, 0.15) is 6.07 Å². The fraction of sp³-hybridized carbons (Fsp3) is 0.0833. The van der Waals surface area contributed by atoms with Gasteiger partial charge in [-0.25, -0.2) is 9.78 Å². The van der Waals surface area contributed by atoms with E-state index in [1.165, 1.54) is 16.8 Å². The van der Waals surface area contributed by atoms with Gasteiger partial charge in [-0.2, -0.15) is 5.26 Å². The number of hydrogen-bond donors (Lipinski definition) is 1. The van der Waals surface area contributed by atoms with Gasteiger partial charge >= 0.3 is 5.97 Å². The molecule has 0 saturated heterocycles. The lowest BCUT2D eigenvalue weighted by Gasteiger charge is -2.08. The topological polar surface area (TPSA) is 78.9 Å². The lowest BCUT2D eigenvalue weighted by molar-refractivity contribution is 0.0697. The molecule has 2 rings (SSSR count). The van der Waals surface area contributed by atoms with Crippen LogP contribution in [0.15, 0.2) is 30.6 Å². The standard InChI is InChI=1S/C12H9N3O2/c1-8-2-3-9(12(16)17)10(6-8)15-5-4-14-11(15)7-13/h2-6H,1H3,(H,16,17). The number of rotatable bonds is 2. The van der Waals surface area contributed by atoms with E-state index in [-0.39, 0.29) is 11.4 Å². The first kappa shape index (κ1) is 10.9. The molecule has 0 saturated carbocycles. The highest BCUT2D eigenvalue weighted by molar-refractivity contribution is 5.92. The maximum Gasteiger partial charge on any atom is 0.337 e. The third-order valence-corrected chi connectivity index (χ3v) is 2.38. The first-order valence-corrected chi connectivity index (χ1v) is 4.91. The van der Waals surface area contributed by atoms with E-state index < -0.39 is 5.97 Å². The predicted octanol–water partition coefficient (Wildman–Crippen LogP) is 1.75. The average Bonchev–Trinajstić information content (AvgIpc) is 2.76. The van der Waals surface area contributed by atoms with Crippen molar-refractivity contribution in [3.8, 4) is 11.8 Å². The number of aromatic nitrogens is 2. The van der Waals surface area contributed by atoms with Crippen molar-refractivity contribution < 1.29 is 9.90 Å². The summed E-state index contributed by atoms with van der Waals surface area (Å²) in [6.07, 6.45) is 3.03. The minimum Gasteiger partial charge on any atom is -0.478 e. The van der Waals surface area contributed by atoms with Gasteiger partial charge in [0.15, 0.2) is 0 Å². The summed E-state index contributed by atoms with van der Waals surface area (Å²) >= 11 is 0. The van der Waals surface area contributed by atoms with Crippen LogP contribution in [0.3, 0.4) is 0 Å². The number of aromatic carboxylic acids is 1. The summed E-state index contributed by atoms with van der Waals surface area (Å²) in [6, 6.07) is 6.87. The van der Waals surface area contributed by atoms with Crippen molar-refractivity contribution in [3.63, 3.8) is 0 Å². The van der Waals surface area contributed by atoms with E-state index in [9.17, 15) is 4.79 Å². The Bertz CT molecular complexity index is 623. The number of nitriles is 1. The molecule has 0 bridgehead atoms. The molecule has 0 unspecified atom stereocenters. The Morgan fingerprint density at radius 1 is 1.53 bits per heavy atom. The van der Waals surface area contributed by atoms with Crippen molar-refractivity contribution in [2.24, 2.45) is 0 Å². The Labute approximate surface area is 97.6 Å². The van der Waals surface area contributed by atoms with Gasteiger partial charge < -0.3 is 5.11 Å². The van der Waals surface area contributed by atoms with Crippen LogP contribution < -0.4 is 0 Å². The second-order valence-corrected chi connectivity index (χ2v) is 3.56. The van der Waals surface area contributed by atoms with E-state index in [4.69, 9.17) is 10.4 Å². The third kappa shape index (κ3) is 1.88. The molecule has 0 aliphatic rings. The summed E-state index contributed by atoms with van der Waals surface area (Å²) in [5, 5.41) is 18.0. The van der Waals surface area contributed by atoms with Crippen molar-refractivity contribution in [1.82, 2.24) is 9.55 Å². The highest BCUT2D eigenvalue weighted by atomic mass is 16.4. The molecule has 5 heteroatoms. The number of carboxylic acids is 1. The number of imidazole rings is 1. The molecule has 0 amide bonds. The zero-order chi connectivity index (χ0) is 12.4.